The van der Waals surface area contributed by atoms with Crippen LogP contribution in [-0.4, -0.2) is 12.5 Å². The van der Waals surface area contributed by atoms with Gasteiger partial charge in [-0.2, -0.15) is 0 Å². The lowest BCUT2D eigenvalue weighted by molar-refractivity contribution is -0.115. The number of carbonyl (C=O) groups excluding carboxylic acids is 1. The highest BCUT2D eigenvalue weighted by Gasteiger charge is 2.32. The molecule has 0 aliphatic heterocycles. The maximum Gasteiger partial charge on any atom is 0.238 e. The Morgan fingerprint density at radius 2 is 1.91 bits per heavy atom. The maximum absolute atomic E-state index is 12.2. The Hall–Kier alpha value is -1.84. The average molecular weight is 329 g/mol. The third-order valence-corrected chi connectivity index (χ3v) is 4.69. The van der Waals surface area contributed by atoms with E-state index < -0.39 is 0 Å². The van der Waals surface area contributed by atoms with E-state index in [1.807, 2.05) is 43.3 Å². The Bertz CT molecular complexity index is 683. The van der Waals surface area contributed by atoms with E-state index in [-0.39, 0.29) is 11.9 Å². The Labute approximate surface area is 142 Å². The highest BCUT2D eigenvalue weighted by molar-refractivity contribution is 6.31. The molecule has 2 aromatic rings. The molecular weight excluding hydrogens is 308 g/mol. The van der Waals surface area contributed by atoms with Gasteiger partial charge < -0.3 is 10.6 Å². The van der Waals surface area contributed by atoms with Crippen LogP contribution in [0.2, 0.25) is 5.02 Å². The van der Waals surface area contributed by atoms with Crippen molar-refractivity contribution in [3.63, 3.8) is 0 Å². The summed E-state index contributed by atoms with van der Waals surface area (Å²) in [6.45, 7) is 2.20. The molecule has 2 aromatic carbocycles. The number of halogens is 1. The second kappa shape index (κ2) is 7.16. The standard InChI is InChI=1S/C19H21ClN2O/c1-13-16(20)8-5-9-17(13)22-18(23)12-21-19(15-10-11-15)14-6-3-2-4-7-14/h2-9,15,19,21H,10-12H2,1H3,(H,22,23). The van der Waals surface area contributed by atoms with E-state index >= 15 is 0 Å². The molecule has 0 bridgehead atoms. The zero-order chi connectivity index (χ0) is 16.2. The van der Waals surface area contributed by atoms with Gasteiger partial charge in [0.2, 0.25) is 5.91 Å². The average Bonchev–Trinajstić information content (AvgIpc) is 3.38. The highest BCUT2D eigenvalue weighted by Crippen LogP contribution is 2.40. The molecule has 1 fully saturated rings. The van der Waals surface area contributed by atoms with E-state index in [1.165, 1.54) is 18.4 Å². The number of carbonyl (C=O) groups is 1. The number of amides is 1. The highest BCUT2D eigenvalue weighted by atomic mass is 35.5. The fourth-order valence-electron chi connectivity index (χ4n) is 2.79. The van der Waals surface area contributed by atoms with Crippen molar-refractivity contribution in [2.45, 2.75) is 25.8 Å². The molecule has 3 nitrogen and oxygen atoms in total. The molecule has 0 heterocycles. The van der Waals surface area contributed by atoms with Crippen molar-refractivity contribution in [3.8, 4) is 0 Å². The predicted molar refractivity (Wildman–Crippen MR) is 94.7 cm³/mol. The first-order chi connectivity index (χ1) is 11.1. The van der Waals surface area contributed by atoms with Crippen molar-refractivity contribution in [2.75, 3.05) is 11.9 Å². The van der Waals surface area contributed by atoms with Crippen molar-refractivity contribution in [2.24, 2.45) is 5.92 Å². The summed E-state index contributed by atoms with van der Waals surface area (Å²) in [5.41, 5.74) is 2.91. The van der Waals surface area contributed by atoms with Gasteiger partial charge >= 0.3 is 0 Å². The molecule has 0 saturated heterocycles. The van der Waals surface area contributed by atoms with Gasteiger partial charge in [-0.05, 0) is 48.9 Å². The van der Waals surface area contributed by atoms with Crippen LogP contribution >= 0.6 is 11.6 Å². The minimum Gasteiger partial charge on any atom is -0.325 e. The van der Waals surface area contributed by atoms with Crippen LogP contribution in [0.25, 0.3) is 0 Å². The van der Waals surface area contributed by atoms with Crippen molar-refractivity contribution < 1.29 is 4.79 Å². The summed E-state index contributed by atoms with van der Waals surface area (Å²) in [6.07, 6.45) is 2.45. The Morgan fingerprint density at radius 1 is 1.17 bits per heavy atom. The van der Waals surface area contributed by atoms with Crippen LogP contribution in [0.4, 0.5) is 5.69 Å². The topological polar surface area (TPSA) is 41.1 Å². The quantitative estimate of drug-likeness (QED) is 0.828. The molecule has 1 saturated carbocycles. The van der Waals surface area contributed by atoms with Crippen LogP contribution in [0, 0.1) is 12.8 Å². The van der Waals surface area contributed by atoms with Crippen LogP contribution in [0.15, 0.2) is 48.5 Å². The lowest BCUT2D eigenvalue weighted by atomic mass is 10.0. The fraction of sp³-hybridized carbons (Fsp3) is 0.316. The van der Waals surface area contributed by atoms with Crippen LogP contribution in [0.5, 0.6) is 0 Å². The number of anilines is 1. The van der Waals surface area contributed by atoms with Crippen molar-refractivity contribution >= 4 is 23.2 Å². The van der Waals surface area contributed by atoms with Gasteiger partial charge in [0.15, 0.2) is 0 Å². The molecule has 120 valence electrons. The summed E-state index contributed by atoms with van der Waals surface area (Å²) in [5, 5.41) is 7.00. The van der Waals surface area contributed by atoms with Gasteiger partial charge in [0, 0.05) is 16.8 Å². The first-order valence-corrected chi connectivity index (χ1v) is 8.36. The van der Waals surface area contributed by atoms with Crippen LogP contribution in [0.3, 0.4) is 0 Å². The first-order valence-electron chi connectivity index (χ1n) is 7.98. The number of hydrogen-bond acceptors (Lipinski definition) is 2. The van der Waals surface area contributed by atoms with E-state index in [0.717, 1.165) is 11.3 Å². The van der Waals surface area contributed by atoms with E-state index in [0.29, 0.717) is 17.5 Å². The third-order valence-electron chi connectivity index (χ3n) is 4.28. The smallest absolute Gasteiger partial charge is 0.238 e. The molecule has 3 rings (SSSR count). The van der Waals surface area contributed by atoms with Crippen molar-refractivity contribution in [1.82, 2.24) is 5.32 Å². The minimum atomic E-state index is -0.0445. The minimum absolute atomic E-state index is 0.0445. The molecule has 1 unspecified atom stereocenters. The summed E-state index contributed by atoms with van der Waals surface area (Å²) in [5.74, 6) is 0.593. The lowest BCUT2D eigenvalue weighted by Gasteiger charge is -2.19. The van der Waals surface area contributed by atoms with Gasteiger partial charge in [-0.3, -0.25) is 4.79 Å². The molecule has 1 aliphatic carbocycles. The van der Waals surface area contributed by atoms with Gasteiger partial charge in [-0.1, -0.05) is 48.0 Å². The van der Waals surface area contributed by atoms with Crippen LogP contribution < -0.4 is 10.6 Å². The second-order valence-corrected chi connectivity index (χ2v) is 6.47. The van der Waals surface area contributed by atoms with E-state index in [1.54, 1.807) is 0 Å². The molecular formula is C19H21ClN2O. The van der Waals surface area contributed by atoms with Gasteiger partial charge in [0.25, 0.3) is 0 Å². The largest absolute Gasteiger partial charge is 0.325 e. The van der Waals surface area contributed by atoms with Gasteiger partial charge in [0.1, 0.15) is 0 Å². The van der Waals surface area contributed by atoms with E-state index in [2.05, 4.69) is 22.8 Å². The van der Waals surface area contributed by atoms with Crippen molar-refractivity contribution in [3.05, 3.63) is 64.7 Å². The monoisotopic (exact) mass is 328 g/mol. The third kappa shape index (κ3) is 4.12. The van der Waals surface area contributed by atoms with Crippen molar-refractivity contribution in [1.29, 1.82) is 0 Å². The normalized spacial score (nSPS) is 15.2. The molecule has 0 spiro atoms. The zero-order valence-electron chi connectivity index (χ0n) is 13.2. The van der Waals surface area contributed by atoms with E-state index in [9.17, 15) is 4.79 Å². The lowest BCUT2D eigenvalue weighted by Crippen LogP contribution is -2.32. The van der Waals surface area contributed by atoms with Crippen LogP contribution in [-0.2, 0) is 4.79 Å². The number of hydrogen-bond donors (Lipinski definition) is 2. The molecule has 0 aromatic heterocycles. The van der Waals surface area contributed by atoms with Gasteiger partial charge in [-0.25, -0.2) is 0 Å². The zero-order valence-corrected chi connectivity index (χ0v) is 13.9. The molecule has 23 heavy (non-hydrogen) atoms. The summed E-state index contributed by atoms with van der Waals surface area (Å²) in [7, 11) is 0. The predicted octanol–water partition coefficient (Wildman–Crippen LogP) is 4.33. The molecule has 2 N–H and O–H groups in total. The number of benzene rings is 2. The molecule has 1 aliphatic rings. The second-order valence-electron chi connectivity index (χ2n) is 6.07. The van der Waals surface area contributed by atoms with Gasteiger partial charge in [0.05, 0.1) is 6.54 Å². The Morgan fingerprint density at radius 3 is 2.61 bits per heavy atom. The molecule has 4 heteroatoms. The number of nitrogens with one attached hydrogen (secondary N) is 2. The first kappa shape index (κ1) is 16.0. The SMILES string of the molecule is Cc1c(Cl)cccc1NC(=O)CNC(c1ccccc1)C1CC1. The summed E-state index contributed by atoms with van der Waals surface area (Å²) in [6, 6.07) is 16.1. The number of rotatable bonds is 6. The Balaban J connectivity index is 1.60. The van der Waals surface area contributed by atoms with E-state index in [4.69, 9.17) is 11.6 Å². The fourth-order valence-corrected chi connectivity index (χ4v) is 2.96. The van der Waals surface area contributed by atoms with Gasteiger partial charge in [-0.15, -0.1) is 0 Å². The molecule has 0 radical (unpaired) electrons. The maximum atomic E-state index is 12.2. The van der Waals surface area contributed by atoms with Crippen LogP contribution in [0.1, 0.15) is 30.0 Å². The Kier molecular flexibility index (Phi) is 4.99. The summed E-state index contributed by atoms with van der Waals surface area (Å²) in [4.78, 5) is 12.2. The summed E-state index contributed by atoms with van der Waals surface area (Å²) < 4.78 is 0. The summed E-state index contributed by atoms with van der Waals surface area (Å²) >= 11 is 6.09. The molecule has 1 atom stereocenters. The molecule has 1 amide bonds.